The Morgan fingerprint density at radius 3 is 2.70 bits per heavy atom. The number of aryl methyl sites for hydroxylation is 1. The van der Waals surface area contributed by atoms with Gasteiger partial charge in [-0.05, 0) is 28.9 Å². The molecule has 1 saturated heterocycles. The number of rotatable bonds is 6. The highest BCUT2D eigenvalue weighted by molar-refractivity contribution is 9.10. The molecule has 1 fully saturated rings. The molecule has 1 aromatic rings. The maximum Gasteiger partial charge on any atom is 0.260 e. The molecule has 1 aliphatic heterocycles. The number of nitrogens with one attached hydrogen (secondary N) is 1. The van der Waals surface area contributed by atoms with E-state index in [9.17, 15) is 8.42 Å². The first-order valence-electron chi connectivity index (χ1n) is 6.35. The Balaban J connectivity index is 1.81. The minimum absolute atomic E-state index is 0.0453. The van der Waals surface area contributed by atoms with E-state index in [1.165, 1.54) is 4.68 Å². The Morgan fingerprint density at radius 1 is 1.40 bits per heavy atom. The smallest absolute Gasteiger partial charge is 0.260 e. The molecule has 1 aromatic heterocycles. The molecule has 0 spiro atoms. The third-order valence-corrected chi connectivity index (χ3v) is 5.39. The van der Waals surface area contributed by atoms with E-state index in [4.69, 9.17) is 4.74 Å². The van der Waals surface area contributed by atoms with Crippen molar-refractivity contribution in [1.29, 1.82) is 0 Å². The summed E-state index contributed by atoms with van der Waals surface area (Å²) in [7, 11) is -2.04. The molecule has 0 radical (unpaired) electrons. The van der Waals surface area contributed by atoms with E-state index in [-0.39, 0.29) is 9.63 Å². The summed E-state index contributed by atoms with van der Waals surface area (Å²) >= 11 is 3.09. The van der Waals surface area contributed by atoms with Gasteiger partial charge in [0.2, 0.25) is 5.03 Å². The van der Waals surface area contributed by atoms with Crippen molar-refractivity contribution in [2.75, 3.05) is 39.4 Å². The van der Waals surface area contributed by atoms with Crippen LogP contribution in [0.2, 0.25) is 0 Å². The maximum atomic E-state index is 12.1. The molecule has 0 atom stereocenters. The number of hydrogen-bond donors (Lipinski definition) is 1. The monoisotopic (exact) mass is 367 g/mol. The lowest BCUT2D eigenvalue weighted by atomic mass is 10.3. The summed E-state index contributed by atoms with van der Waals surface area (Å²) in [6.45, 7) is 4.56. The van der Waals surface area contributed by atoms with Crippen LogP contribution in [0.5, 0.6) is 0 Å². The predicted molar refractivity (Wildman–Crippen MR) is 75.8 cm³/mol. The van der Waals surface area contributed by atoms with Crippen LogP contribution in [0.15, 0.2) is 9.63 Å². The number of halogens is 1. The van der Waals surface area contributed by atoms with Crippen molar-refractivity contribution >= 4 is 26.0 Å². The number of aromatic nitrogens is 3. The fraction of sp³-hybridized carbons (Fsp3) is 0.800. The normalized spacial score (nSPS) is 17.5. The Morgan fingerprint density at radius 2 is 2.10 bits per heavy atom. The van der Waals surface area contributed by atoms with Gasteiger partial charge in [-0.1, -0.05) is 5.21 Å². The van der Waals surface area contributed by atoms with Crippen LogP contribution in [0, 0.1) is 0 Å². The lowest BCUT2D eigenvalue weighted by Gasteiger charge is -2.26. The Labute approximate surface area is 126 Å². The zero-order chi connectivity index (χ0) is 14.6. The molecule has 1 N–H and O–H groups in total. The summed E-state index contributed by atoms with van der Waals surface area (Å²) in [5, 5.41) is 7.38. The number of morpholine rings is 1. The van der Waals surface area contributed by atoms with Gasteiger partial charge in [0.15, 0.2) is 4.60 Å². The van der Waals surface area contributed by atoms with Crippen LogP contribution >= 0.6 is 15.9 Å². The Bertz CT molecular complexity index is 522. The van der Waals surface area contributed by atoms with Crippen molar-refractivity contribution in [1.82, 2.24) is 24.6 Å². The summed E-state index contributed by atoms with van der Waals surface area (Å²) in [5.74, 6) is 0. The van der Waals surface area contributed by atoms with Gasteiger partial charge in [0.05, 0.1) is 13.2 Å². The van der Waals surface area contributed by atoms with Crippen LogP contribution in [0.3, 0.4) is 0 Å². The highest BCUT2D eigenvalue weighted by Crippen LogP contribution is 2.17. The molecule has 114 valence electrons. The molecule has 8 nitrogen and oxygen atoms in total. The fourth-order valence-corrected chi connectivity index (χ4v) is 4.17. The van der Waals surface area contributed by atoms with Gasteiger partial charge in [0.25, 0.3) is 10.0 Å². The molecule has 2 heterocycles. The van der Waals surface area contributed by atoms with Crippen molar-refractivity contribution in [3.05, 3.63) is 4.60 Å². The van der Waals surface area contributed by atoms with Gasteiger partial charge in [-0.25, -0.2) is 17.8 Å². The van der Waals surface area contributed by atoms with Gasteiger partial charge in [-0.3, -0.25) is 4.90 Å². The summed E-state index contributed by atoms with van der Waals surface area (Å²) in [4.78, 5) is 2.26. The zero-order valence-electron chi connectivity index (χ0n) is 11.2. The third-order valence-electron chi connectivity index (χ3n) is 3.04. The molecule has 20 heavy (non-hydrogen) atoms. The minimum Gasteiger partial charge on any atom is -0.379 e. The van der Waals surface area contributed by atoms with Crippen LogP contribution in [0.4, 0.5) is 0 Å². The third kappa shape index (κ3) is 3.98. The van der Waals surface area contributed by atoms with Gasteiger partial charge < -0.3 is 4.74 Å². The molecule has 0 aromatic carbocycles. The lowest BCUT2D eigenvalue weighted by molar-refractivity contribution is 0.0376. The van der Waals surface area contributed by atoms with Crippen molar-refractivity contribution in [3.8, 4) is 0 Å². The molecule has 2 rings (SSSR count). The van der Waals surface area contributed by atoms with Crippen LogP contribution in [0.25, 0.3) is 0 Å². The quantitative estimate of drug-likeness (QED) is 0.686. The second-order valence-electron chi connectivity index (χ2n) is 4.51. The van der Waals surface area contributed by atoms with Crippen LogP contribution < -0.4 is 4.72 Å². The first-order valence-corrected chi connectivity index (χ1v) is 8.63. The van der Waals surface area contributed by atoms with Crippen LogP contribution in [0.1, 0.15) is 6.42 Å². The second kappa shape index (κ2) is 6.94. The first kappa shape index (κ1) is 15.8. The molecular weight excluding hydrogens is 350 g/mol. The minimum atomic E-state index is -3.58. The number of hydrogen-bond acceptors (Lipinski definition) is 6. The molecule has 1 aliphatic rings. The molecule has 0 amide bonds. The van der Waals surface area contributed by atoms with E-state index in [1.807, 2.05) is 0 Å². The van der Waals surface area contributed by atoms with Crippen LogP contribution in [-0.2, 0) is 21.8 Å². The van der Waals surface area contributed by atoms with Gasteiger partial charge >= 0.3 is 0 Å². The molecule has 0 saturated carbocycles. The first-order chi connectivity index (χ1) is 9.50. The average Bonchev–Trinajstić information content (AvgIpc) is 2.76. The van der Waals surface area contributed by atoms with Gasteiger partial charge in [0.1, 0.15) is 0 Å². The fourth-order valence-electron chi connectivity index (χ4n) is 2.01. The van der Waals surface area contributed by atoms with E-state index in [0.29, 0.717) is 6.54 Å². The summed E-state index contributed by atoms with van der Waals surface area (Å²) in [5.41, 5.74) is 0. The van der Waals surface area contributed by atoms with Crippen molar-refractivity contribution in [3.63, 3.8) is 0 Å². The molecule has 0 aliphatic carbocycles. The SMILES string of the molecule is Cn1nnc(Br)c1S(=O)(=O)NCCCN1CCOCC1. The number of ether oxygens (including phenoxy) is 1. The Kier molecular flexibility index (Phi) is 5.49. The number of sulfonamides is 1. The van der Waals surface area contributed by atoms with E-state index in [0.717, 1.165) is 39.3 Å². The molecular formula is C10H18BrN5O3S. The maximum absolute atomic E-state index is 12.1. The molecule has 0 bridgehead atoms. The van der Waals surface area contributed by atoms with Crippen LogP contribution in [-0.4, -0.2) is 67.7 Å². The molecule has 10 heteroatoms. The van der Waals surface area contributed by atoms with E-state index >= 15 is 0 Å². The van der Waals surface area contributed by atoms with Crippen molar-refractivity contribution in [2.45, 2.75) is 11.4 Å². The summed E-state index contributed by atoms with van der Waals surface area (Å²) in [6.07, 6.45) is 0.752. The highest BCUT2D eigenvalue weighted by Gasteiger charge is 2.23. The topological polar surface area (TPSA) is 89.3 Å². The van der Waals surface area contributed by atoms with Gasteiger partial charge in [-0.2, -0.15) is 0 Å². The predicted octanol–water partition coefficient (Wildman–Crippen LogP) is -0.422. The summed E-state index contributed by atoms with van der Waals surface area (Å²) < 4.78 is 33.5. The summed E-state index contributed by atoms with van der Waals surface area (Å²) in [6, 6.07) is 0. The van der Waals surface area contributed by atoms with Gasteiger partial charge in [-0.15, -0.1) is 5.10 Å². The van der Waals surface area contributed by atoms with E-state index in [1.54, 1.807) is 7.05 Å². The lowest BCUT2D eigenvalue weighted by Crippen LogP contribution is -2.38. The highest BCUT2D eigenvalue weighted by atomic mass is 79.9. The second-order valence-corrected chi connectivity index (χ2v) is 6.95. The van der Waals surface area contributed by atoms with E-state index in [2.05, 4.69) is 35.9 Å². The Hall–Kier alpha value is -0.550. The average molecular weight is 368 g/mol. The van der Waals surface area contributed by atoms with Crippen molar-refractivity contribution in [2.24, 2.45) is 7.05 Å². The van der Waals surface area contributed by atoms with Crippen molar-refractivity contribution < 1.29 is 13.2 Å². The van der Waals surface area contributed by atoms with E-state index < -0.39 is 10.0 Å². The molecule has 0 unspecified atom stereocenters. The van der Waals surface area contributed by atoms with Gasteiger partial charge in [0, 0.05) is 26.7 Å². The largest absolute Gasteiger partial charge is 0.379 e. The number of nitrogens with zero attached hydrogens (tertiary/aromatic N) is 4. The zero-order valence-corrected chi connectivity index (χ0v) is 13.7. The standard InChI is InChI=1S/C10H18BrN5O3S/c1-15-10(9(11)13-14-15)20(17,18)12-3-2-4-16-5-7-19-8-6-16/h12H,2-8H2,1H3.